The zero-order valence-corrected chi connectivity index (χ0v) is 11.7. The van der Waals surface area contributed by atoms with Gasteiger partial charge in [0.05, 0.1) is 6.54 Å². The lowest BCUT2D eigenvalue weighted by molar-refractivity contribution is 0.0928. The van der Waals surface area contributed by atoms with Crippen LogP contribution in [-0.4, -0.2) is 20.7 Å². The Bertz CT molecular complexity index is 699. The SMILES string of the molecule is O=C1C2=C(CCC2)Cc2nc(NCc3cccs3)nn21. The molecule has 2 aromatic rings. The van der Waals surface area contributed by atoms with Gasteiger partial charge in [0.1, 0.15) is 5.82 Å². The topological polar surface area (TPSA) is 59.8 Å². The quantitative estimate of drug-likeness (QED) is 0.942. The Morgan fingerprint density at radius 3 is 3.20 bits per heavy atom. The molecular weight excluding hydrogens is 272 g/mol. The second-order valence-corrected chi connectivity index (χ2v) is 6.15. The van der Waals surface area contributed by atoms with Crippen LogP contribution in [0.25, 0.3) is 0 Å². The molecule has 3 heterocycles. The van der Waals surface area contributed by atoms with E-state index in [4.69, 9.17) is 0 Å². The maximum absolute atomic E-state index is 12.3. The molecule has 0 spiro atoms. The van der Waals surface area contributed by atoms with Crippen molar-refractivity contribution in [3.63, 3.8) is 0 Å². The molecule has 0 fully saturated rings. The maximum Gasteiger partial charge on any atom is 0.275 e. The standard InChI is InChI=1S/C14H14N4OS/c19-13-11-5-1-3-9(11)7-12-16-14(17-18(12)13)15-8-10-4-2-6-20-10/h2,4,6H,1,3,5,7-8H2,(H,15,17). The molecule has 0 saturated heterocycles. The first-order valence-corrected chi connectivity index (χ1v) is 7.67. The summed E-state index contributed by atoms with van der Waals surface area (Å²) in [4.78, 5) is 18.0. The minimum atomic E-state index is 0.0235. The van der Waals surface area contributed by atoms with E-state index in [2.05, 4.69) is 21.5 Å². The van der Waals surface area contributed by atoms with Crippen molar-refractivity contribution < 1.29 is 4.79 Å². The van der Waals surface area contributed by atoms with E-state index in [9.17, 15) is 4.79 Å². The molecule has 0 unspecified atom stereocenters. The molecule has 0 amide bonds. The molecule has 4 rings (SSSR count). The van der Waals surface area contributed by atoms with Gasteiger partial charge in [-0.15, -0.1) is 16.4 Å². The number of nitrogens with zero attached hydrogens (tertiary/aromatic N) is 3. The smallest absolute Gasteiger partial charge is 0.275 e. The number of hydrogen-bond donors (Lipinski definition) is 1. The van der Waals surface area contributed by atoms with Crippen molar-refractivity contribution in [2.75, 3.05) is 5.32 Å². The van der Waals surface area contributed by atoms with Gasteiger partial charge in [0.25, 0.3) is 5.91 Å². The lowest BCUT2D eigenvalue weighted by Crippen LogP contribution is -2.22. The summed E-state index contributed by atoms with van der Waals surface area (Å²) in [6, 6.07) is 4.08. The molecule has 20 heavy (non-hydrogen) atoms. The van der Waals surface area contributed by atoms with Gasteiger partial charge in [-0.25, -0.2) is 0 Å². The van der Waals surface area contributed by atoms with Crippen molar-refractivity contribution in [1.82, 2.24) is 14.8 Å². The van der Waals surface area contributed by atoms with Gasteiger partial charge in [-0.1, -0.05) is 11.6 Å². The first kappa shape index (κ1) is 11.8. The third kappa shape index (κ3) is 1.87. The van der Waals surface area contributed by atoms with Gasteiger partial charge in [-0.05, 0) is 30.7 Å². The Morgan fingerprint density at radius 2 is 2.35 bits per heavy atom. The number of nitrogens with one attached hydrogen (secondary N) is 1. The van der Waals surface area contributed by atoms with Gasteiger partial charge < -0.3 is 5.32 Å². The molecule has 0 aromatic carbocycles. The zero-order valence-electron chi connectivity index (χ0n) is 10.9. The lowest BCUT2D eigenvalue weighted by atomic mass is 10.0. The van der Waals surface area contributed by atoms with E-state index in [1.165, 1.54) is 15.1 Å². The van der Waals surface area contributed by atoms with Gasteiger partial charge in [0.15, 0.2) is 0 Å². The summed E-state index contributed by atoms with van der Waals surface area (Å²) in [5, 5.41) is 9.54. The van der Waals surface area contributed by atoms with E-state index >= 15 is 0 Å². The molecule has 102 valence electrons. The van der Waals surface area contributed by atoms with Crippen LogP contribution in [0.15, 0.2) is 28.7 Å². The summed E-state index contributed by atoms with van der Waals surface area (Å²) in [6.07, 6.45) is 3.79. The molecule has 1 aliphatic heterocycles. The Balaban J connectivity index is 1.55. The fraction of sp³-hybridized carbons (Fsp3) is 0.357. The van der Waals surface area contributed by atoms with Crippen LogP contribution in [0.4, 0.5) is 5.95 Å². The zero-order chi connectivity index (χ0) is 13.5. The van der Waals surface area contributed by atoms with Crippen molar-refractivity contribution >= 4 is 23.2 Å². The van der Waals surface area contributed by atoms with Gasteiger partial charge in [-0.3, -0.25) is 4.79 Å². The number of rotatable bonds is 3. The fourth-order valence-electron chi connectivity index (χ4n) is 2.85. The van der Waals surface area contributed by atoms with E-state index in [1.54, 1.807) is 11.3 Å². The Labute approximate surface area is 120 Å². The van der Waals surface area contributed by atoms with Crippen LogP contribution in [0.1, 0.15) is 34.8 Å². The number of carbonyl (C=O) groups excluding carboxylic acids is 1. The Kier molecular flexibility index (Phi) is 2.70. The van der Waals surface area contributed by atoms with Crippen LogP contribution >= 0.6 is 11.3 Å². The second-order valence-electron chi connectivity index (χ2n) is 5.11. The van der Waals surface area contributed by atoms with Crippen LogP contribution in [0, 0.1) is 0 Å². The summed E-state index contributed by atoms with van der Waals surface area (Å²) in [5.74, 6) is 1.34. The largest absolute Gasteiger partial charge is 0.348 e. The van der Waals surface area contributed by atoms with Gasteiger partial charge in [-0.2, -0.15) is 9.67 Å². The lowest BCUT2D eigenvalue weighted by Gasteiger charge is -2.13. The van der Waals surface area contributed by atoms with Crippen molar-refractivity contribution in [2.45, 2.75) is 32.2 Å². The molecule has 0 atom stereocenters. The van der Waals surface area contributed by atoms with Crippen molar-refractivity contribution in [3.05, 3.63) is 39.4 Å². The summed E-state index contributed by atoms with van der Waals surface area (Å²) in [6.45, 7) is 0.697. The Morgan fingerprint density at radius 1 is 1.40 bits per heavy atom. The molecule has 1 aliphatic carbocycles. The monoisotopic (exact) mass is 286 g/mol. The summed E-state index contributed by atoms with van der Waals surface area (Å²) in [7, 11) is 0. The first-order chi connectivity index (χ1) is 9.81. The Hall–Kier alpha value is -1.95. The summed E-state index contributed by atoms with van der Waals surface area (Å²) in [5.41, 5.74) is 2.23. The van der Waals surface area contributed by atoms with Crippen LogP contribution in [0.3, 0.4) is 0 Å². The number of carbonyl (C=O) groups is 1. The maximum atomic E-state index is 12.3. The average Bonchev–Trinajstić information content (AvgIpc) is 3.16. The number of allylic oxidation sites excluding steroid dienone is 2. The molecule has 6 heteroatoms. The molecule has 0 radical (unpaired) electrons. The second kappa shape index (κ2) is 4.56. The summed E-state index contributed by atoms with van der Waals surface area (Å²) >= 11 is 1.69. The number of fused-ring (bicyclic) bond motifs is 1. The highest BCUT2D eigenvalue weighted by Crippen LogP contribution is 2.33. The predicted octanol–water partition coefficient (Wildman–Crippen LogP) is 2.63. The molecule has 2 aliphatic rings. The van der Waals surface area contributed by atoms with Crippen LogP contribution in [-0.2, 0) is 13.0 Å². The van der Waals surface area contributed by atoms with Crippen LogP contribution in [0.5, 0.6) is 0 Å². The van der Waals surface area contributed by atoms with Crippen molar-refractivity contribution in [1.29, 1.82) is 0 Å². The predicted molar refractivity (Wildman–Crippen MR) is 76.9 cm³/mol. The highest BCUT2D eigenvalue weighted by atomic mass is 32.1. The average molecular weight is 286 g/mol. The molecule has 1 N–H and O–H groups in total. The number of aromatic nitrogens is 3. The summed E-state index contributed by atoms with van der Waals surface area (Å²) < 4.78 is 1.47. The van der Waals surface area contributed by atoms with Crippen LogP contribution in [0.2, 0.25) is 0 Å². The molecule has 0 saturated carbocycles. The van der Waals surface area contributed by atoms with E-state index in [0.29, 0.717) is 12.5 Å². The molecule has 2 aromatic heterocycles. The first-order valence-electron chi connectivity index (χ1n) is 6.79. The normalized spacial score (nSPS) is 17.3. The van der Waals surface area contributed by atoms with Crippen molar-refractivity contribution in [2.24, 2.45) is 0 Å². The molecular formula is C14H14N4OS. The van der Waals surface area contributed by atoms with E-state index < -0.39 is 0 Å². The van der Waals surface area contributed by atoms with Crippen molar-refractivity contribution in [3.8, 4) is 0 Å². The molecule has 0 bridgehead atoms. The highest BCUT2D eigenvalue weighted by molar-refractivity contribution is 7.09. The van der Waals surface area contributed by atoms with E-state index in [-0.39, 0.29) is 5.91 Å². The van der Waals surface area contributed by atoms with Crippen LogP contribution < -0.4 is 5.32 Å². The van der Waals surface area contributed by atoms with E-state index in [1.807, 2.05) is 11.4 Å². The number of hydrogen-bond acceptors (Lipinski definition) is 5. The minimum Gasteiger partial charge on any atom is -0.348 e. The minimum absolute atomic E-state index is 0.0235. The van der Waals surface area contributed by atoms with E-state index in [0.717, 1.165) is 37.1 Å². The number of thiophene rings is 1. The van der Waals surface area contributed by atoms with Gasteiger partial charge in [0, 0.05) is 16.9 Å². The van der Waals surface area contributed by atoms with Gasteiger partial charge in [0.2, 0.25) is 5.95 Å². The molecule has 5 nitrogen and oxygen atoms in total. The fourth-order valence-corrected chi connectivity index (χ4v) is 3.50. The third-order valence-electron chi connectivity index (χ3n) is 3.83. The number of anilines is 1. The highest BCUT2D eigenvalue weighted by Gasteiger charge is 2.30. The third-order valence-corrected chi connectivity index (χ3v) is 4.71. The van der Waals surface area contributed by atoms with Gasteiger partial charge >= 0.3 is 0 Å².